The third-order valence-corrected chi connectivity index (χ3v) is 5.60. The molecule has 1 N–H and O–H groups in total. The fourth-order valence-corrected chi connectivity index (χ4v) is 4.15. The van der Waals surface area contributed by atoms with E-state index in [0.717, 1.165) is 4.31 Å². The van der Waals surface area contributed by atoms with E-state index >= 15 is 0 Å². The molecule has 9 heteroatoms. The molecule has 1 aromatic rings. The van der Waals surface area contributed by atoms with Gasteiger partial charge in [-0.3, -0.25) is 4.79 Å². The van der Waals surface area contributed by atoms with Gasteiger partial charge in [-0.05, 0) is 25.5 Å². The predicted molar refractivity (Wildman–Crippen MR) is 65.4 cm³/mol. The van der Waals surface area contributed by atoms with E-state index < -0.39 is 50.3 Å². The highest BCUT2D eigenvalue weighted by Crippen LogP contribution is 2.32. The van der Waals surface area contributed by atoms with E-state index in [1.54, 1.807) is 0 Å². The van der Waals surface area contributed by atoms with Crippen molar-refractivity contribution in [3.05, 3.63) is 29.6 Å². The third-order valence-electron chi connectivity index (χ3n) is 3.60. The number of hydrogen-bond acceptors (Lipinski definition) is 3. The number of carboxylic acids is 1. The van der Waals surface area contributed by atoms with Gasteiger partial charge in [-0.1, -0.05) is 0 Å². The second kappa shape index (κ2) is 5.30. The molecule has 0 saturated carbocycles. The summed E-state index contributed by atoms with van der Waals surface area (Å²) in [6.07, 6.45) is 0.0705. The zero-order valence-corrected chi connectivity index (χ0v) is 11.7. The molecule has 1 fully saturated rings. The van der Waals surface area contributed by atoms with Gasteiger partial charge in [0.25, 0.3) is 0 Å². The minimum absolute atomic E-state index is 0.0705. The zero-order valence-electron chi connectivity index (χ0n) is 10.9. The number of carbonyl (C=O) groups is 1. The van der Waals surface area contributed by atoms with Crippen molar-refractivity contribution in [2.75, 3.05) is 6.54 Å². The van der Waals surface area contributed by atoms with Crippen LogP contribution in [0.2, 0.25) is 0 Å². The van der Waals surface area contributed by atoms with Crippen molar-refractivity contribution in [3.63, 3.8) is 0 Å². The monoisotopic (exact) mass is 323 g/mol. The number of carboxylic acid groups (broad SMARTS) is 1. The van der Waals surface area contributed by atoms with Gasteiger partial charge in [0.2, 0.25) is 10.0 Å². The molecule has 1 aliphatic heterocycles. The maximum absolute atomic E-state index is 13.7. The van der Waals surface area contributed by atoms with Gasteiger partial charge in [0.1, 0.15) is 4.90 Å². The van der Waals surface area contributed by atoms with E-state index in [4.69, 9.17) is 5.11 Å². The highest BCUT2D eigenvalue weighted by Gasteiger charge is 2.43. The van der Waals surface area contributed by atoms with Crippen LogP contribution in [0.1, 0.15) is 13.3 Å². The SMILES string of the molecule is CC1C(C(=O)O)CCN1S(=O)(=O)c1ccc(F)c(F)c1F. The van der Waals surface area contributed by atoms with Crippen LogP contribution in [0.15, 0.2) is 17.0 Å². The van der Waals surface area contributed by atoms with Gasteiger partial charge in [-0.2, -0.15) is 4.31 Å². The molecule has 1 saturated heterocycles. The van der Waals surface area contributed by atoms with Crippen LogP contribution in [0.4, 0.5) is 13.2 Å². The zero-order chi connectivity index (χ0) is 15.9. The number of halogens is 3. The van der Waals surface area contributed by atoms with E-state index in [0.29, 0.717) is 12.1 Å². The molecular weight excluding hydrogens is 311 g/mol. The van der Waals surface area contributed by atoms with Crippen LogP contribution >= 0.6 is 0 Å². The summed E-state index contributed by atoms with van der Waals surface area (Å²) < 4.78 is 65.1. The average Bonchev–Trinajstić information content (AvgIpc) is 2.78. The molecule has 21 heavy (non-hydrogen) atoms. The molecule has 0 radical (unpaired) electrons. The highest BCUT2D eigenvalue weighted by molar-refractivity contribution is 7.89. The summed E-state index contributed by atoms with van der Waals surface area (Å²) in [7, 11) is -4.44. The van der Waals surface area contributed by atoms with Crippen LogP contribution in [0.25, 0.3) is 0 Å². The maximum Gasteiger partial charge on any atom is 0.308 e. The summed E-state index contributed by atoms with van der Waals surface area (Å²) in [5, 5.41) is 8.97. The van der Waals surface area contributed by atoms with Crippen molar-refractivity contribution in [3.8, 4) is 0 Å². The fourth-order valence-electron chi connectivity index (χ4n) is 2.41. The Bertz CT molecular complexity index is 692. The van der Waals surface area contributed by atoms with E-state index in [-0.39, 0.29) is 13.0 Å². The number of rotatable bonds is 3. The predicted octanol–water partition coefficient (Wildman–Crippen LogP) is 1.59. The van der Waals surface area contributed by atoms with Crippen LogP contribution in [-0.2, 0) is 14.8 Å². The molecule has 0 spiro atoms. The Hall–Kier alpha value is -1.61. The number of aliphatic carboxylic acids is 1. The summed E-state index contributed by atoms with van der Waals surface area (Å²) in [5.41, 5.74) is 0. The van der Waals surface area contributed by atoms with Crippen LogP contribution in [0, 0.1) is 23.4 Å². The van der Waals surface area contributed by atoms with Gasteiger partial charge in [0.15, 0.2) is 17.5 Å². The fraction of sp³-hybridized carbons (Fsp3) is 0.417. The normalized spacial score (nSPS) is 23.4. The lowest BCUT2D eigenvalue weighted by Crippen LogP contribution is -2.38. The lowest BCUT2D eigenvalue weighted by molar-refractivity contribution is -0.142. The van der Waals surface area contributed by atoms with Crippen molar-refractivity contribution < 1.29 is 31.5 Å². The molecule has 1 aliphatic rings. The third kappa shape index (κ3) is 2.51. The molecule has 2 rings (SSSR count). The van der Waals surface area contributed by atoms with Crippen LogP contribution in [0.3, 0.4) is 0 Å². The first kappa shape index (κ1) is 15.8. The minimum atomic E-state index is -4.44. The van der Waals surface area contributed by atoms with Gasteiger partial charge < -0.3 is 5.11 Å². The molecular formula is C12H12F3NO4S. The minimum Gasteiger partial charge on any atom is -0.481 e. The van der Waals surface area contributed by atoms with Gasteiger partial charge in [-0.15, -0.1) is 0 Å². The molecule has 116 valence electrons. The maximum atomic E-state index is 13.7. The van der Waals surface area contributed by atoms with Crippen molar-refractivity contribution in [2.24, 2.45) is 5.92 Å². The Morgan fingerprint density at radius 1 is 1.29 bits per heavy atom. The molecule has 1 heterocycles. The summed E-state index contributed by atoms with van der Waals surface area (Å²) in [6.45, 7) is 1.25. The lowest BCUT2D eigenvalue weighted by Gasteiger charge is -2.23. The van der Waals surface area contributed by atoms with Crippen molar-refractivity contribution in [1.29, 1.82) is 0 Å². The van der Waals surface area contributed by atoms with Crippen molar-refractivity contribution in [1.82, 2.24) is 4.31 Å². The topological polar surface area (TPSA) is 74.7 Å². The summed E-state index contributed by atoms with van der Waals surface area (Å²) >= 11 is 0. The van der Waals surface area contributed by atoms with Crippen LogP contribution < -0.4 is 0 Å². The average molecular weight is 323 g/mol. The number of nitrogens with zero attached hydrogens (tertiary/aromatic N) is 1. The molecule has 5 nitrogen and oxygen atoms in total. The van der Waals surface area contributed by atoms with E-state index in [1.165, 1.54) is 6.92 Å². The van der Waals surface area contributed by atoms with Crippen LogP contribution in [-0.4, -0.2) is 36.4 Å². The molecule has 2 atom stereocenters. The summed E-state index contributed by atoms with van der Waals surface area (Å²) in [4.78, 5) is 9.98. The smallest absolute Gasteiger partial charge is 0.308 e. The second-order valence-corrected chi connectivity index (χ2v) is 6.62. The lowest BCUT2D eigenvalue weighted by atomic mass is 10.0. The molecule has 2 unspecified atom stereocenters. The van der Waals surface area contributed by atoms with E-state index in [9.17, 15) is 26.4 Å². The molecule has 1 aromatic carbocycles. The summed E-state index contributed by atoms with van der Waals surface area (Å²) in [6, 6.07) is 0.241. The Kier molecular flexibility index (Phi) is 3.98. The number of sulfonamides is 1. The largest absolute Gasteiger partial charge is 0.481 e. The quantitative estimate of drug-likeness (QED) is 0.857. The van der Waals surface area contributed by atoms with Gasteiger partial charge in [0.05, 0.1) is 5.92 Å². The first-order valence-electron chi connectivity index (χ1n) is 6.06. The second-order valence-electron chi connectivity index (χ2n) is 4.76. The Labute approximate surface area is 119 Å². The Morgan fingerprint density at radius 2 is 1.90 bits per heavy atom. The van der Waals surface area contributed by atoms with Crippen molar-refractivity contribution >= 4 is 16.0 Å². The molecule has 0 bridgehead atoms. The molecule has 0 aliphatic carbocycles. The van der Waals surface area contributed by atoms with E-state index in [2.05, 4.69) is 0 Å². The molecule has 0 aromatic heterocycles. The van der Waals surface area contributed by atoms with Gasteiger partial charge in [-0.25, -0.2) is 21.6 Å². The van der Waals surface area contributed by atoms with Crippen LogP contribution in [0.5, 0.6) is 0 Å². The first-order valence-corrected chi connectivity index (χ1v) is 7.50. The van der Waals surface area contributed by atoms with Crippen molar-refractivity contribution in [2.45, 2.75) is 24.3 Å². The highest BCUT2D eigenvalue weighted by atomic mass is 32.2. The number of hydrogen-bond donors (Lipinski definition) is 1. The Morgan fingerprint density at radius 3 is 2.43 bits per heavy atom. The van der Waals surface area contributed by atoms with Gasteiger partial charge >= 0.3 is 5.97 Å². The van der Waals surface area contributed by atoms with E-state index in [1.807, 2.05) is 0 Å². The standard InChI is InChI=1S/C12H12F3NO4S/c1-6-7(12(17)18)4-5-16(6)21(19,20)9-3-2-8(13)10(14)11(9)15/h2-3,6-7H,4-5H2,1H3,(H,17,18). The number of benzene rings is 1. The summed E-state index contributed by atoms with van der Waals surface area (Å²) in [5.74, 6) is -7.26. The van der Waals surface area contributed by atoms with Gasteiger partial charge in [0, 0.05) is 12.6 Å². The Balaban J connectivity index is 2.45. The molecule has 0 amide bonds. The first-order chi connectivity index (χ1) is 9.67.